The van der Waals surface area contributed by atoms with Gasteiger partial charge in [0.2, 0.25) is 5.90 Å². The van der Waals surface area contributed by atoms with Crippen LogP contribution in [0.5, 0.6) is 11.5 Å². The van der Waals surface area contributed by atoms with E-state index < -0.39 is 6.36 Å². The average Bonchev–Trinajstić information content (AvgIpc) is 3.04. The van der Waals surface area contributed by atoms with Crippen LogP contribution in [0.1, 0.15) is 17.5 Å². The Hall–Kier alpha value is -2.70. The van der Waals surface area contributed by atoms with Crippen LogP contribution in [-0.4, -0.2) is 31.5 Å². The lowest BCUT2D eigenvalue weighted by Gasteiger charge is -2.10. The van der Waals surface area contributed by atoms with Gasteiger partial charge >= 0.3 is 6.36 Å². The lowest BCUT2D eigenvalue weighted by atomic mass is 10.1. The maximum Gasteiger partial charge on any atom is 0.573 e. The Morgan fingerprint density at radius 2 is 1.77 bits per heavy atom. The largest absolute Gasteiger partial charge is 0.573 e. The Morgan fingerprint density at radius 1 is 1.08 bits per heavy atom. The zero-order valence-corrected chi connectivity index (χ0v) is 14.1. The van der Waals surface area contributed by atoms with Crippen LogP contribution in [0.3, 0.4) is 0 Å². The molecule has 1 heterocycles. The van der Waals surface area contributed by atoms with Gasteiger partial charge in [-0.2, -0.15) is 0 Å². The highest BCUT2D eigenvalue weighted by Crippen LogP contribution is 2.25. The second-order valence-electron chi connectivity index (χ2n) is 5.87. The molecule has 138 valence electrons. The Morgan fingerprint density at radius 3 is 2.46 bits per heavy atom. The van der Waals surface area contributed by atoms with E-state index in [4.69, 9.17) is 9.47 Å². The molecule has 0 saturated carbocycles. The molecule has 0 spiro atoms. The van der Waals surface area contributed by atoms with Crippen molar-refractivity contribution in [2.75, 3.05) is 13.2 Å². The molecule has 0 bridgehead atoms. The fourth-order valence-corrected chi connectivity index (χ4v) is 2.57. The minimum absolute atomic E-state index is 0.00237. The Kier molecular flexibility index (Phi) is 5.35. The molecule has 0 aliphatic carbocycles. The number of ether oxygens (including phenoxy) is 3. The summed E-state index contributed by atoms with van der Waals surface area (Å²) in [5.41, 5.74) is 2.08. The van der Waals surface area contributed by atoms with Gasteiger partial charge in [0.1, 0.15) is 18.1 Å². The summed E-state index contributed by atoms with van der Waals surface area (Å²) >= 11 is 0. The van der Waals surface area contributed by atoms with E-state index in [1.54, 1.807) is 0 Å². The van der Waals surface area contributed by atoms with Crippen molar-refractivity contribution in [3.8, 4) is 11.5 Å². The molecule has 7 heteroatoms. The lowest BCUT2D eigenvalue weighted by molar-refractivity contribution is -0.274. The third kappa shape index (κ3) is 4.91. The molecule has 1 aliphatic rings. The topological polar surface area (TPSA) is 40.0 Å². The zero-order chi connectivity index (χ0) is 18.6. The molecule has 26 heavy (non-hydrogen) atoms. The fraction of sp³-hybridized carbons (Fsp3) is 0.316. The van der Waals surface area contributed by atoms with E-state index >= 15 is 0 Å². The molecule has 1 atom stereocenters. The van der Waals surface area contributed by atoms with Crippen LogP contribution < -0.4 is 9.47 Å². The summed E-state index contributed by atoms with van der Waals surface area (Å²) in [6.07, 6.45) is -4.05. The van der Waals surface area contributed by atoms with Crippen molar-refractivity contribution < 1.29 is 27.4 Å². The van der Waals surface area contributed by atoms with Crippen molar-refractivity contribution in [1.82, 2.24) is 0 Å². The van der Waals surface area contributed by atoms with Crippen molar-refractivity contribution in [3.05, 3.63) is 59.7 Å². The number of rotatable bonds is 6. The number of alkyl halides is 3. The molecule has 0 aromatic heterocycles. The van der Waals surface area contributed by atoms with Crippen LogP contribution >= 0.6 is 0 Å². The normalized spacial score (nSPS) is 16.8. The van der Waals surface area contributed by atoms with E-state index in [9.17, 15) is 13.2 Å². The molecule has 3 rings (SSSR count). The predicted octanol–water partition coefficient (Wildman–Crippen LogP) is 4.51. The highest BCUT2D eigenvalue weighted by atomic mass is 19.4. The highest BCUT2D eigenvalue weighted by molar-refractivity contribution is 5.96. The van der Waals surface area contributed by atoms with E-state index in [1.165, 1.54) is 24.3 Å². The molecular weight excluding hydrogens is 347 g/mol. The third-order valence-electron chi connectivity index (χ3n) is 3.86. The van der Waals surface area contributed by atoms with Crippen molar-refractivity contribution >= 4 is 5.90 Å². The van der Waals surface area contributed by atoms with Crippen molar-refractivity contribution in [3.63, 3.8) is 0 Å². The molecule has 0 radical (unpaired) electrons. The van der Waals surface area contributed by atoms with Gasteiger partial charge in [-0.1, -0.05) is 18.2 Å². The standard InChI is InChI=1S/C19H18F3NO3/c1-13-4-2-3-5-17(13)18-23-14(12-25-18)10-11-24-15-6-8-16(9-7-15)26-19(20,21)22/h2-9,14H,10-12H2,1H3. The van der Waals surface area contributed by atoms with Crippen molar-refractivity contribution in [2.24, 2.45) is 4.99 Å². The minimum atomic E-state index is -4.70. The molecule has 0 N–H and O–H groups in total. The van der Waals surface area contributed by atoms with Gasteiger partial charge in [0, 0.05) is 12.0 Å². The first-order valence-corrected chi connectivity index (χ1v) is 8.16. The molecule has 1 aliphatic heterocycles. The SMILES string of the molecule is Cc1ccccc1C1=NC(CCOc2ccc(OC(F)(F)F)cc2)CO1. The second-order valence-corrected chi connectivity index (χ2v) is 5.87. The molecule has 4 nitrogen and oxygen atoms in total. The number of aliphatic imine (C=N–C) groups is 1. The molecule has 0 fully saturated rings. The van der Waals surface area contributed by atoms with Crippen molar-refractivity contribution in [1.29, 1.82) is 0 Å². The smallest absolute Gasteiger partial charge is 0.494 e. The average molecular weight is 365 g/mol. The molecule has 0 saturated heterocycles. The fourth-order valence-electron chi connectivity index (χ4n) is 2.57. The molecular formula is C19H18F3NO3. The predicted molar refractivity (Wildman–Crippen MR) is 90.7 cm³/mol. The van der Waals surface area contributed by atoms with E-state index in [1.807, 2.05) is 31.2 Å². The first-order valence-electron chi connectivity index (χ1n) is 8.16. The van der Waals surface area contributed by atoms with Crippen molar-refractivity contribution in [2.45, 2.75) is 25.7 Å². The Bertz CT molecular complexity index is 772. The first-order chi connectivity index (χ1) is 12.4. The monoisotopic (exact) mass is 365 g/mol. The molecule has 0 amide bonds. The maximum atomic E-state index is 12.1. The van der Waals surface area contributed by atoms with Gasteiger partial charge < -0.3 is 14.2 Å². The van der Waals surface area contributed by atoms with Crippen LogP contribution in [-0.2, 0) is 4.74 Å². The van der Waals surface area contributed by atoms with E-state index in [-0.39, 0.29) is 11.8 Å². The van der Waals surface area contributed by atoms with Gasteiger partial charge in [0.05, 0.1) is 12.6 Å². The summed E-state index contributed by atoms with van der Waals surface area (Å²) in [5.74, 6) is 0.838. The first kappa shape index (κ1) is 18.1. The number of hydrogen-bond acceptors (Lipinski definition) is 4. The molecule has 2 aromatic carbocycles. The lowest BCUT2D eigenvalue weighted by Crippen LogP contribution is -2.17. The van der Waals surface area contributed by atoms with E-state index in [0.29, 0.717) is 31.3 Å². The summed E-state index contributed by atoms with van der Waals surface area (Å²) in [6.45, 7) is 2.88. The third-order valence-corrected chi connectivity index (χ3v) is 3.86. The minimum Gasteiger partial charge on any atom is -0.494 e. The van der Waals surface area contributed by atoms with Gasteiger partial charge in [-0.15, -0.1) is 13.2 Å². The van der Waals surface area contributed by atoms with Crippen LogP contribution in [0, 0.1) is 6.92 Å². The van der Waals surface area contributed by atoms with Gasteiger partial charge in [0.25, 0.3) is 0 Å². The maximum absolute atomic E-state index is 12.1. The Balaban J connectivity index is 1.49. The zero-order valence-electron chi connectivity index (χ0n) is 14.1. The van der Waals surface area contributed by atoms with Gasteiger partial charge in [-0.3, -0.25) is 0 Å². The van der Waals surface area contributed by atoms with Gasteiger partial charge in [-0.05, 0) is 42.8 Å². The van der Waals surface area contributed by atoms with E-state index in [0.717, 1.165) is 11.1 Å². The number of benzene rings is 2. The van der Waals surface area contributed by atoms with Crippen LogP contribution in [0.15, 0.2) is 53.5 Å². The van der Waals surface area contributed by atoms with Crippen LogP contribution in [0.2, 0.25) is 0 Å². The number of halogens is 3. The molecule has 2 aromatic rings. The highest BCUT2D eigenvalue weighted by Gasteiger charge is 2.31. The van der Waals surface area contributed by atoms with Gasteiger partial charge in [-0.25, -0.2) is 4.99 Å². The number of aryl methyl sites for hydroxylation is 1. The molecule has 1 unspecified atom stereocenters. The summed E-state index contributed by atoms with van der Waals surface area (Å²) in [4.78, 5) is 4.57. The summed E-state index contributed by atoms with van der Waals surface area (Å²) in [5, 5.41) is 0. The quantitative estimate of drug-likeness (QED) is 0.756. The Labute approximate surface area is 149 Å². The summed E-state index contributed by atoms with van der Waals surface area (Å²) in [7, 11) is 0. The summed E-state index contributed by atoms with van der Waals surface area (Å²) in [6, 6.07) is 13.2. The number of nitrogens with zero attached hydrogens (tertiary/aromatic N) is 1. The van der Waals surface area contributed by atoms with E-state index in [2.05, 4.69) is 9.73 Å². The van der Waals surface area contributed by atoms with Gasteiger partial charge in [0.15, 0.2) is 0 Å². The second kappa shape index (κ2) is 7.68. The summed E-state index contributed by atoms with van der Waals surface area (Å²) < 4.78 is 51.4. The van der Waals surface area contributed by atoms with Crippen LogP contribution in [0.4, 0.5) is 13.2 Å². The van der Waals surface area contributed by atoms with Crippen LogP contribution in [0.25, 0.3) is 0 Å². The number of hydrogen-bond donors (Lipinski definition) is 0.